The highest BCUT2D eigenvalue weighted by molar-refractivity contribution is 6.88. The number of hydrogen-bond acceptors (Lipinski definition) is 2. The average Bonchev–Trinajstić information content (AvgIpc) is 3.04. The van der Waals surface area contributed by atoms with Crippen molar-refractivity contribution >= 4 is 35.1 Å². The predicted octanol–water partition coefficient (Wildman–Crippen LogP) is 10.00. The third-order valence-electron chi connectivity index (χ3n) is 8.15. The molecule has 0 saturated carbocycles. The molecule has 7 rings (SSSR count). The van der Waals surface area contributed by atoms with Crippen molar-refractivity contribution in [2.24, 2.45) is 0 Å². The molecule has 2 aromatic heterocycles. The maximum atomic E-state index is 4.85. The van der Waals surface area contributed by atoms with Crippen LogP contribution in [0.4, 0.5) is 0 Å². The number of benzene rings is 5. The minimum absolute atomic E-state index is 1.00. The van der Waals surface area contributed by atoms with Crippen LogP contribution in [-0.2, 0) is 0 Å². The lowest BCUT2D eigenvalue weighted by Gasteiger charge is -2.16. The minimum atomic E-state index is -1.29. The number of fused-ring (bicyclic) bond motifs is 2. The monoisotopic (exact) mass is 556 g/mol. The maximum absolute atomic E-state index is 4.85. The summed E-state index contributed by atoms with van der Waals surface area (Å²) in [5, 5.41) is 3.78. The Morgan fingerprint density at radius 3 is 1.71 bits per heavy atom. The number of rotatable bonds is 5. The molecular formula is C39H32N2Si. The van der Waals surface area contributed by atoms with Gasteiger partial charge in [-0.05, 0) is 51.6 Å². The van der Waals surface area contributed by atoms with Crippen LogP contribution in [0.5, 0.6) is 0 Å². The normalized spacial score (nSPS) is 11.7. The zero-order valence-electron chi connectivity index (χ0n) is 24.2. The van der Waals surface area contributed by atoms with Gasteiger partial charge in [-0.2, -0.15) is 0 Å². The van der Waals surface area contributed by atoms with Crippen molar-refractivity contribution in [3.8, 4) is 44.5 Å². The lowest BCUT2D eigenvalue weighted by atomic mass is 9.97. The van der Waals surface area contributed by atoms with E-state index < -0.39 is 8.07 Å². The summed E-state index contributed by atoms with van der Waals surface area (Å²) < 4.78 is 0. The molecular weight excluding hydrogens is 525 g/mol. The van der Waals surface area contributed by atoms with Gasteiger partial charge in [0.25, 0.3) is 0 Å². The molecule has 0 saturated heterocycles. The molecule has 0 fully saturated rings. The lowest BCUT2D eigenvalue weighted by molar-refractivity contribution is 1.40. The van der Waals surface area contributed by atoms with E-state index in [4.69, 9.17) is 4.98 Å². The largest absolute Gasteiger partial charge is 0.256 e. The fraction of sp³-hybridized carbons (Fsp3) is 0.0769. The minimum Gasteiger partial charge on any atom is -0.256 e. The molecule has 2 heterocycles. The van der Waals surface area contributed by atoms with Crippen molar-refractivity contribution in [1.29, 1.82) is 0 Å². The summed E-state index contributed by atoms with van der Waals surface area (Å²) in [5.41, 5.74) is 11.5. The van der Waals surface area contributed by atoms with E-state index in [0.717, 1.165) is 44.1 Å². The molecule has 0 atom stereocenters. The highest BCUT2D eigenvalue weighted by atomic mass is 28.3. The Bertz CT molecular complexity index is 2030. The fourth-order valence-electron chi connectivity index (χ4n) is 5.66. The molecule has 0 unspecified atom stereocenters. The van der Waals surface area contributed by atoms with Crippen LogP contribution in [0.25, 0.3) is 66.3 Å². The van der Waals surface area contributed by atoms with Crippen LogP contribution in [0.3, 0.4) is 0 Å². The first-order chi connectivity index (χ1) is 20.4. The molecule has 3 heteroatoms. The van der Waals surface area contributed by atoms with Gasteiger partial charge in [0.1, 0.15) is 0 Å². The van der Waals surface area contributed by atoms with Crippen molar-refractivity contribution in [1.82, 2.24) is 9.97 Å². The highest BCUT2D eigenvalue weighted by Gasteiger charge is 2.16. The van der Waals surface area contributed by atoms with E-state index >= 15 is 0 Å². The smallest absolute Gasteiger partial charge is 0.0780 e. The maximum Gasteiger partial charge on any atom is 0.0780 e. The second-order valence-corrected chi connectivity index (χ2v) is 17.1. The van der Waals surface area contributed by atoms with E-state index in [9.17, 15) is 0 Å². The third-order valence-corrected chi connectivity index (χ3v) is 10.2. The summed E-state index contributed by atoms with van der Waals surface area (Å²) in [6.07, 6.45) is 3.84. The van der Waals surface area contributed by atoms with E-state index in [1.165, 1.54) is 27.4 Å². The van der Waals surface area contributed by atoms with E-state index in [2.05, 4.69) is 146 Å². The summed E-state index contributed by atoms with van der Waals surface area (Å²) in [4.78, 5) is 9.47. The molecule has 0 aliphatic carbocycles. The van der Waals surface area contributed by atoms with Gasteiger partial charge in [-0.3, -0.25) is 9.97 Å². The molecule has 0 N–H and O–H groups in total. The first kappa shape index (κ1) is 26.1. The van der Waals surface area contributed by atoms with E-state index in [-0.39, 0.29) is 0 Å². The third kappa shape index (κ3) is 5.04. The van der Waals surface area contributed by atoms with Gasteiger partial charge in [0, 0.05) is 34.3 Å². The summed E-state index contributed by atoms with van der Waals surface area (Å²) in [7, 11) is -1.29. The Labute approximate surface area is 248 Å². The number of nitrogens with zero attached hydrogens (tertiary/aromatic N) is 2. The molecule has 42 heavy (non-hydrogen) atoms. The molecule has 5 aromatic carbocycles. The van der Waals surface area contributed by atoms with Gasteiger partial charge >= 0.3 is 0 Å². The number of pyridine rings is 2. The van der Waals surface area contributed by atoms with Crippen LogP contribution in [-0.4, -0.2) is 18.0 Å². The summed E-state index contributed by atoms with van der Waals surface area (Å²) >= 11 is 0. The van der Waals surface area contributed by atoms with Crippen molar-refractivity contribution in [2.45, 2.75) is 19.6 Å². The van der Waals surface area contributed by atoms with Gasteiger partial charge < -0.3 is 0 Å². The van der Waals surface area contributed by atoms with Gasteiger partial charge in [0.15, 0.2) is 0 Å². The molecule has 0 spiro atoms. The zero-order valence-corrected chi connectivity index (χ0v) is 25.2. The summed E-state index contributed by atoms with van der Waals surface area (Å²) in [6.45, 7) is 7.16. The number of hydrogen-bond donors (Lipinski definition) is 0. The van der Waals surface area contributed by atoms with Crippen molar-refractivity contribution in [2.75, 3.05) is 0 Å². The Morgan fingerprint density at radius 2 is 1.02 bits per heavy atom. The van der Waals surface area contributed by atoms with Crippen molar-refractivity contribution < 1.29 is 0 Å². The Kier molecular flexibility index (Phi) is 6.53. The molecule has 0 amide bonds. The van der Waals surface area contributed by atoms with Crippen molar-refractivity contribution in [3.63, 3.8) is 0 Å². The van der Waals surface area contributed by atoms with Crippen LogP contribution in [0.1, 0.15) is 0 Å². The molecule has 2 nitrogen and oxygen atoms in total. The van der Waals surface area contributed by atoms with Crippen LogP contribution < -0.4 is 5.19 Å². The van der Waals surface area contributed by atoms with Crippen LogP contribution in [0.15, 0.2) is 140 Å². The first-order valence-electron chi connectivity index (χ1n) is 14.5. The molecule has 0 aliphatic rings. The average molecular weight is 557 g/mol. The van der Waals surface area contributed by atoms with Crippen LogP contribution in [0.2, 0.25) is 19.6 Å². The standard InChI is InChI=1S/C39H32N2Si/c1-42(2,3)36-21-19-28(20-22-36)27-9-11-29(12-10-27)33-17-18-34-24-35(26-41-38(34)25-33)30-13-15-31(16-14-30)37-8-4-6-32-7-5-23-40-39(32)37/h4-26H,1-3H3. The molecule has 202 valence electrons. The van der Waals surface area contributed by atoms with Crippen LogP contribution >= 0.6 is 0 Å². The first-order valence-corrected chi connectivity index (χ1v) is 18.0. The molecule has 0 aliphatic heterocycles. The van der Waals surface area contributed by atoms with Gasteiger partial charge in [0.05, 0.1) is 19.1 Å². The van der Waals surface area contributed by atoms with Gasteiger partial charge in [0.2, 0.25) is 0 Å². The SMILES string of the molecule is C[Si](C)(C)c1ccc(-c2ccc(-c3ccc4cc(-c5ccc(-c6cccc7cccnc67)cc5)cnc4c3)cc2)cc1. The Balaban J connectivity index is 1.12. The second-order valence-electron chi connectivity index (χ2n) is 12.0. The topological polar surface area (TPSA) is 25.8 Å². The molecule has 0 bridgehead atoms. The fourth-order valence-corrected chi connectivity index (χ4v) is 6.82. The summed E-state index contributed by atoms with van der Waals surface area (Å²) in [6, 6.07) is 45.9. The van der Waals surface area contributed by atoms with Gasteiger partial charge in [-0.15, -0.1) is 0 Å². The lowest BCUT2D eigenvalue weighted by Crippen LogP contribution is -2.37. The predicted molar refractivity (Wildman–Crippen MR) is 182 cm³/mol. The highest BCUT2D eigenvalue weighted by Crippen LogP contribution is 2.31. The van der Waals surface area contributed by atoms with E-state index in [0.29, 0.717) is 0 Å². The Morgan fingerprint density at radius 1 is 0.452 bits per heavy atom. The van der Waals surface area contributed by atoms with Crippen molar-refractivity contribution in [3.05, 3.63) is 140 Å². The zero-order chi connectivity index (χ0) is 28.7. The number of para-hydroxylation sites is 1. The number of aromatic nitrogens is 2. The molecule has 7 aromatic rings. The molecule has 0 radical (unpaired) electrons. The summed E-state index contributed by atoms with van der Waals surface area (Å²) in [5.74, 6) is 0. The quantitative estimate of drug-likeness (QED) is 0.197. The van der Waals surface area contributed by atoms with Crippen LogP contribution in [0, 0.1) is 0 Å². The van der Waals surface area contributed by atoms with E-state index in [1.807, 2.05) is 18.5 Å². The second kappa shape index (κ2) is 10.5. The van der Waals surface area contributed by atoms with Gasteiger partial charge in [-0.1, -0.05) is 134 Å². The Hall–Kier alpha value is -4.86. The van der Waals surface area contributed by atoms with Gasteiger partial charge in [-0.25, -0.2) is 0 Å². The van der Waals surface area contributed by atoms with E-state index in [1.54, 1.807) is 0 Å².